The molecule has 3 aromatic rings. The molecule has 0 fully saturated rings. The van der Waals surface area contributed by atoms with E-state index in [0.29, 0.717) is 5.82 Å². The average molecular weight is 495 g/mol. The van der Waals surface area contributed by atoms with Gasteiger partial charge in [-0.2, -0.15) is 13.5 Å². The number of carbonyl (C=O) groups is 2. The Morgan fingerprint density at radius 1 is 1.18 bits per heavy atom. The summed E-state index contributed by atoms with van der Waals surface area (Å²) in [6.07, 6.45) is 1.98. The van der Waals surface area contributed by atoms with Crippen LogP contribution in [-0.4, -0.2) is 57.8 Å². The zero-order valence-electron chi connectivity index (χ0n) is 18.1. The standard InChI is InChI=1S/C19H19F2N7O5S/c1-9(17-26-10(2)27-28(17)15-7-14(16(22)29)23-8-24-15)25-18(30)11-4-12(33-19(20)21)6-13(5-11)34(3,31)32/h4-9,19H,1-3H3,(H2,22,29)(H,25,30)/t9-/m0/s1. The maximum atomic E-state index is 12.9. The lowest BCUT2D eigenvalue weighted by atomic mass is 10.2. The molecule has 3 rings (SSSR count). The molecule has 1 atom stereocenters. The Hall–Kier alpha value is -4.01. The van der Waals surface area contributed by atoms with Crippen molar-refractivity contribution in [1.82, 2.24) is 30.0 Å². The van der Waals surface area contributed by atoms with Crippen LogP contribution in [0.15, 0.2) is 35.5 Å². The molecule has 2 aromatic heterocycles. The summed E-state index contributed by atoms with van der Waals surface area (Å²) in [7, 11) is -3.83. The van der Waals surface area contributed by atoms with E-state index >= 15 is 0 Å². The highest BCUT2D eigenvalue weighted by atomic mass is 32.2. The van der Waals surface area contributed by atoms with Crippen LogP contribution in [0, 0.1) is 6.92 Å². The Balaban J connectivity index is 1.94. The molecule has 0 aliphatic rings. The number of rotatable bonds is 8. The Kier molecular flexibility index (Phi) is 6.85. The predicted molar refractivity (Wildman–Crippen MR) is 112 cm³/mol. The number of halogens is 2. The van der Waals surface area contributed by atoms with Crippen molar-refractivity contribution in [2.45, 2.75) is 31.4 Å². The van der Waals surface area contributed by atoms with Crippen molar-refractivity contribution >= 4 is 21.7 Å². The van der Waals surface area contributed by atoms with Crippen LogP contribution in [0.5, 0.6) is 5.75 Å². The van der Waals surface area contributed by atoms with E-state index in [2.05, 4.69) is 30.1 Å². The fourth-order valence-corrected chi connectivity index (χ4v) is 3.58. The molecule has 180 valence electrons. The van der Waals surface area contributed by atoms with E-state index in [-0.39, 0.29) is 27.8 Å². The van der Waals surface area contributed by atoms with E-state index in [1.165, 1.54) is 10.7 Å². The molecule has 0 spiro atoms. The first kappa shape index (κ1) is 24.6. The molecular weight excluding hydrogens is 476 g/mol. The highest BCUT2D eigenvalue weighted by Gasteiger charge is 2.22. The summed E-state index contributed by atoms with van der Waals surface area (Å²) in [6.45, 7) is -0.0661. The average Bonchev–Trinajstić information content (AvgIpc) is 3.14. The first-order valence-corrected chi connectivity index (χ1v) is 11.4. The van der Waals surface area contributed by atoms with Gasteiger partial charge in [-0.3, -0.25) is 9.59 Å². The van der Waals surface area contributed by atoms with E-state index in [1.807, 2.05) is 0 Å². The summed E-state index contributed by atoms with van der Waals surface area (Å²) in [5.41, 5.74) is 4.95. The van der Waals surface area contributed by atoms with Crippen LogP contribution < -0.4 is 15.8 Å². The van der Waals surface area contributed by atoms with Gasteiger partial charge in [0.15, 0.2) is 21.5 Å². The minimum absolute atomic E-state index is 0.0649. The monoisotopic (exact) mass is 495 g/mol. The second-order valence-electron chi connectivity index (χ2n) is 7.09. The Morgan fingerprint density at radius 2 is 1.88 bits per heavy atom. The van der Waals surface area contributed by atoms with Gasteiger partial charge in [-0.25, -0.2) is 23.4 Å². The van der Waals surface area contributed by atoms with Gasteiger partial charge < -0.3 is 15.8 Å². The molecule has 34 heavy (non-hydrogen) atoms. The predicted octanol–water partition coefficient (Wildman–Crippen LogP) is 0.961. The van der Waals surface area contributed by atoms with E-state index in [4.69, 9.17) is 5.73 Å². The van der Waals surface area contributed by atoms with Crippen LogP contribution in [0.2, 0.25) is 0 Å². The van der Waals surface area contributed by atoms with Crippen molar-refractivity contribution in [3.05, 3.63) is 53.5 Å². The summed E-state index contributed by atoms with van der Waals surface area (Å²) in [5, 5.41) is 6.80. The Morgan fingerprint density at radius 3 is 2.50 bits per heavy atom. The third-order valence-electron chi connectivity index (χ3n) is 4.39. The molecule has 0 aliphatic heterocycles. The van der Waals surface area contributed by atoms with Crippen LogP contribution in [0.1, 0.15) is 45.5 Å². The summed E-state index contributed by atoms with van der Waals surface area (Å²) in [5.74, 6) is -1.37. The molecule has 0 saturated heterocycles. The van der Waals surface area contributed by atoms with Gasteiger partial charge in [0.05, 0.1) is 10.9 Å². The topological polar surface area (TPSA) is 172 Å². The number of hydrogen-bond donors (Lipinski definition) is 2. The fourth-order valence-electron chi connectivity index (χ4n) is 2.91. The second-order valence-corrected chi connectivity index (χ2v) is 9.11. The highest BCUT2D eigenvalue weighted by molar-refractivity contribution is 7.90. The van der Waals surface area contributed by atoms with E-state index in [0.717, 1.165) is 30.8 Å². The molecule has 1 aromatic carbocycles. The van der Waals surface area contributed by atoms with Crippen LogP contribution in [-0.2, 0) is 9.84 Å². The third-order valence-corrected chi connectivity index (χ3v) is 5.48. The van der Waals surface area contributed by atoms with Crippen LogP contribution in [0.4, 0.5) is 8.78 Å². The molecular formula is C19H19F2N7O5S. The van der Waals surface area contributed by atoms with Crippen molar-refractivity contribution in [2.75, 3.05) is 6.26 Å². The molecule has 0 saturated carbocycles. The fraction of sp³-hybridized carbons (Fsp3) is 0.263. The van der Waals surface area contributed by atoms with E-state index in [1.54, 1.807) is 13.8 Å². The number of carbonyl (C=O) groups excluding carboxylic acids is 2. The summed E-state index contributed by atoms with van der Waals surface area (Å²) >= 11 is 0. The number of ether oxygens (including phenoxy) is 1. The first-order valence-electron chi connectivity index (χ1n) is 9.51. The lowest BCUT2D eigenvalue weighted by Gasteiger charge is -2.15. The normalized spacial score (nSPS) is 12.4. The Labute approximate surface area is 192 Å². The van der Waals surface area contributed by atoms with Crippen molar-refractivity contribution in [3.8, 4) is 11.6 Å². The van der Waals surface area contributed by atoms with Crippen molar-refractivity contribution in [3.63, 3.8) is 0 Å². The molecule has 2 heterocycles. The number of amides is 2. The van der Waals surface area contributed by atoms with Crippen molar-refractivity contribution in [2.24, 2.45) is 5.73 Å². The van der Waals surface area contributed by atoms with Crippen LogP contribution in [0.3, 0.4) is 0 Å². The minimum Gasteiger partial charge on any atom is -0.435 e. The molecule has 0 aliphatic carbocycles. The lowest BCUT2D eigenvalue weighted by molar-refractivity contribution is -0.0500. The summed E-state index contributed by atoms with van der Waals surface area (Å²) < 4.78 is 54.8. The smallest absolute Gasteiger partial charge is 0.387 e. The zero-order valence-corrected chi connectivity index (χ0v) is 18.9. The molecule has 12 nitrogen and oxygen atoms in total. The van der Waals surface area contributed by atoms with Gasteiger partial charge in [-0.15, -0.1) is 5.10 Å². The Bertz CT molecular complexity index is 1360. The summed E-state index contributed by atoms with van der Waals surface area (Å²) in [6, 6.07) is 3.39. The number of benzene rings is 1. The number of sulfone groups is 1. The number of nitrogens with zero attached hydrogens (tertiary/aromatic N) is 5. The van der Waals surface area contributed by atoms with Crippen molar-refractivity contribution < 1.29 is 31.5 Å². The van der Waals surface area contributed by atoms with Crippen LogP contribution >= 0.6 is 0 Å². The molecule has 3 N–H and O–H groups in total. The lowest BCUT2D eigenvalue weighted by Crippen LogP contribution is -2.29. The van der Waals surface area contributed by atoms with Crippen LogP contribution in [0.25, 0.3) is 5.82 Å². The maximum absolute atomic E-state index is 12.9. The first-order chi connectivity index (χ1) is 15.8. The number of nitrogens with two attached hydrogens (primary N) is 1. The van der Waals surface area contributed by atoms with Gasteiger partial charge in [0.25, 0.3) is 11.8 Å². The molecule has 2 amide bonds. The minimum atomic E-state index is -3.83. The van der Waals surface area contributed by atoms with Gasteiger partial charge in [-0.1, -0.05) is 0 Å². The van der Waals surface area contributed by atoms with Gasteiger partial charge in [0.1, 0.15) is 23.6 Å². The summed E-state index contributed by atoms with van der Waals surface area (Å²) in [4.78, 5) is 36.0. The second kappa shape index (κ2) is 9.46. The number of aromatic nitrogens is 5. The number of primary amides is 1. The van der Waals surface area contributed by atoms with Gasteiger partial charge in [0.2, 0.25) is 0 Å². The van der Waals surface area contributed by atoms with Gasteiger partial charge in [-0.05, 0) is 32.0 Å². The molecule has 15 heteroatoms. The van der Waals surface area contributed by atoms with Crippen molar-refractivity contribution in [1.29, 1.82) is 0 Å². The number of alkyl halides is 2. The quantitative estimate of drug-likeness (QED) is 0.461. The number of aryl methyl sites for hydroxylation is 1. The van der Waals surface area contributed by atoms with Gasteiger partial charge in [0, 0.05) is 17.9 Å². The number of nitrogens with one attached hydrogen (secondary N) is 1. The molecule has 0 unspecified atom stereocenters. The largest absolute Gasteiger partial charge is 0.435 e. The third kappa shape index (κ3) is 5.67. The maximum Gasteiger partial charge on any atom is 0.387 e. The highest BCUT2D eigenvalue weighted by Crippen LogP contribution is 2.24. The molecule has 0 radical (unpaired) electrons. The number of hydrogen-bond acceptors (Lipinski definition) is 9. The zero-order chi connectivity index (χ0) is 25.2. The molecule has 0 bridgehead atoms. The van der Waals surface area contributed by atoms with Gasteiger partial charge >= 0.3 is 6.61 Å². The van der Waals surface area contributed by atoms with E-state index < -0.39 is 40.1 Å². The van der Waals surface area contributed by atoms with E-state index in [9.17, 15) is 26.8 Å². The SMILES string of the molecule is Cc1nc([C@H](C)NC(=O)c2cc(OC(F)F)cc(S(C)(=O)=O)c2)n(-c2cc(C(N)=O)ncn2)n1.